The standard InChI is InChI=1S/C24H22O4/c1-27-23-15-19(11-13-21(23)25)9-7-17-3-5-18(6-4-17)8-10-20-12-14-22(26)24(16-20)28-2/h3-16,25-26H,1-2H3/b9-7+,10-8+. The van der Waals surface area contributed by atoms with Crippen LogP contribution in [0.5, 0.6) is 23.0 Å². The van der Waals surface area contributed by atoms with Crippen molar-refractivity contribution in [1.29, 1.82) is 0 Å². The van der Waals surface area contributed by atoms with Gasteiger partial charge in [0.25, 0.3) is 0 Å². The van der Waals surface area contributed by atoms with Crippen molar-refractivity contribution in [1.82, 2.24) is 0 Å². The van der Waals surface area contributed by atoms with Gasteiger partial charge in [-0.15, -0.1) is 0 Å². The van der Waals surface area contributed by atoms with Gasteiger partial charge in [-0.25, -0.2) is 0 Å². The summed E-state index contributed by atoms with van der Waals surface area (Å²) >= 11 is 0. The normalized spacial score (nSPS) is 11.2. The number of hydrogen-bond donors (Lipinski definition) is 2. The third kappa shape index (κ3) is 4.74. The van der Waals surface area contributed by atoms with E-state index in [1.54, 1.807) is 24.3 Å². The van der Waals surface area contributed by atoms with Crippen LogP contribution in [0, 0.1) is 0 Å². The summed E-state index contributed by atoms with van der Waals surface area (Å²) in [7, 11) is 3.06. The van der Waals surface area contributed by atoms with Crippen LogP contribution in [0.25, 0.3) is 24.3 Å². The van der Waals surface area contributed by atoms with E-state index in [4.69, 9.17) is 9.47 Å². The first kappa shape index (κ1) is 19.1. The van der Waals surface area contributed by atoms with E-state index in [2.05, 4.69) is 0 Å². The molecule has 28 heavy (non-hydrogen) atoms. The first-order chi connectivity index (χ1) is 13.6. The summed E-state index contributed by atoms with van der Waals surface area (Å²) in [4.78, 5) is 0. The van der Waals surface area contributed by atoms with Gasteiger partial charge in [0.1, 0.15) is 0 Å². The molecule has 3 aromatic carbocycles. The molecule has 0 aliphatic rings. The summed E-state index contributed by atoms with van der Waals surface area (Å²) in [5.41, 5.74) is 4.02. The Labute approximate surface area is 164 Å². The van der Waals surface area contributed by atoms with Crippen molar-refractivity contribution < 1.29 is 19.7 Å². The Balaban J connectivity index is 1.69. The van der Waals surface area contributed by atoms with Gasteiger partial charge in [-0.1, -0.05) is 60.7 Å². The van der Waals surface area contributed by atoms with Crippen molar-refractivity contribution >= 4 is 24.3 Å². The lowest BCUT2D eigenvalue weighted by Gasteiger charge is -2.04. The summed E-state index contributed by atoms with van der Waals surface area (Å²) in [6, 6.07) is 18.6. The van der Waals surface area contributed by atoms with Gasteiger partial charge >= 0.3 is 0 Å². The van der Waals surface area contributed by atoms with Gasteiger partial charge in [0, 0.05) is 0 Å². The largest absolute Gasteiger partial charge is 0.504 e. The molecule has 4 nitrogen and oxygen atoms in total. The Bertz CT molecular complexity index is 919. The zero-order chi connectivity index (χ0) is 19.9. The second-order valence-electron chi connectivity index (χ2n) is 6.20. The Kier molecular flexibility index (Phi) is 6.02. The van der Waals surface area contributed by atoms with Gasteiger partial charge in [0.2, 0.25) is 0 Å². The van der Waals surface area contributed by atoms with Gasteiger partial charge in [0.15, 0.2) is 23.0 Å². The molecule has 3 aromatic rings. The number of ether oxygens (including phenoxy) is 2. The topological polar surface area (TPSA) is 58.9 Å². The van der Waals surface area contributed by atoms with Crippen LogP contribution in [0.4, 0.5) is 0 Å². The van der Waals surface area contributed by atoms with Crippen LogP contribution in [0.2, 0.25) is 0 Å². The second kappa shape index (κ2) is 8.82. The van der Waals surface area contributed by atoms with E-state index < -0.39 is 0 Å². The van der Waals surface area contributed by atoms with Crippen molar-refractivity contribution in [2.45, 2.75) is 0 Å². The van der Waals surface area contributed by atoms with Crippen molar-refractivity contribution in [3.8, 4) is 23.0 Å². The van der Waals surface area contributed by atoms with Crippen molar-refractivity contribution in [3.05, 3.63) is 82.9 Å². The number of benzene rings is 3. The monoisotopic (exact) mass is 374 g/mol. The summed E-state index contributed by atoms with van der Waals surface area (Å²) in [5, 5.41) is 19.3. The Hall–Kier alpha value is -3.66. The molecule has 0 spiro atoms. The fourth-order valence-electron chi connectivity index (χ4n) is 2.70. The van der Waals surface area contributed by atoms with Crippen molar-refractivity contribution in [2.24, 2.45) is 0 Å². The minimum Gasteiger partial charge on any atom is -0.504 e. The lowest BCUT2D eigenvalue weighted by molar-refractivity contribution is 0.373. The van der Waals surface area contributed by atoms with Gasteiger partial charge in [-0.05, 0) is 46.5 Å². The molecule has 3 rings (SSSR count). The molecule has 0 bridgehead atoms. The fraction of sp³-hybridized carbons (Fsp3) is 0.0833. The smallest absolute Gasteiger partial charge is 0.161 e. The van der Waals surface area contributed by atoms with Crippen LogP contribution in [0.1, 0.15) is 22.3 Å². The van der Waals surface area contributed by atoms with E-state index in [0.717, 1.165) is 22.3 Å². The zero-order valence-electron chi connectivity index (χ0n) is 15.8. The Morgan fingerprint density at radius 1 is 0.536 bits per heavy atom. The van der Waals surface area contributed by atoms with E-state index in [9.17, 15) is 10.2 Å². The molecule has 142 valence electrons. The van der Waals surface area contributed by atoms with Gasteiger partial charge < -0.3 is 19.7 Å². The average molecular weight is 374 g/mol. The first-order valence-corrected chi connectivity index (χ1v) is 8.79. The molecule has 0 amide bonds. The molecule has 0 heterocycles. The Morgan fingerprint density at radius 2 is 0.857 bits per heavy atom. The van der Waals surface area contributed by atoms with Crippen molar-refractivity contribution in [3.63, 3.8) is 0 Å². The SMILES string of the molecule is COc1cc(/C=C/c2ccc(/C=C/c3ccc(O)c(OC)c3)cc2)ccc1O. The molecule has 0 unspecified atom stereocenters. The van der Waals surface area contributed by atoms with Crippen LogP contribution in [-0.2, 0) is 0 Å². The second-order valence-corrected chi connectivity index (χ2v) is 6.20. The maximum atomic E-state index is 9.65. The molecule has 0 aromatic heterocycles. The zero-order valence-corrected chi connectivity index (χ0v) is 15.8. The predicted octanol–water partition coefficient (Wildman–Crippen LogP) is 5.46. The first-order valence-electron chi connectivity index (χ1n) is 8.79. The van der Waals surface area contributed by atoms with Gasteiger partial charge in [-0.2, -0.15) is 0 Å². The molecular weight excluding hydrogens is 352 g/mol. The quantitative estimate of drug-likeness (QED) is 0.563. The average Bonchev–Trinajstić information content (AvgIpc) is 2.73. The van der Waals surface area contributed by atoms with E-state index in [-0.39, 0.29) is 11.5 Å². The van der Waals surface area contributed by atoms with E-state index in [1.807, 2.05) is 60.7 Å². The maximum absolute atomic E-state index is 9.65. The predicted molar refractivity (Wildman–Crippen MR) is 114 cm³/mol. The number of aromatic hydroxyl groups is 2. The highest BCUT2D eigenvalue weighted by molar-refractivity contribution is 5.74. The number of rotatable bonds is 6. The highest BCUT2D eigenvalue weighted by Crippen LogP contribution is 2.28. The molecular formula is C24H22O4. The number of methoxy groups -OCH3 is 2. The molecule has 2 N–H and O–H groups in total. The van der Waals surface area contributed by atoms with Gasteiger partial charge in [0.05, 0.1) is 14.2 Å². The van der Waals surface area contributed by atoms with Crippen LogP contribution >= 0.6 is 0 Å². The maximum Gasteiger partial charge on any atom is 0.161 e. The number of phenolic OH excluding ortho intramolecular Hbond substituents is 2. The third-order valence-electron chi connectivity index (χ3n) is 4.28. The minimum atomic E-state index is 0.127. The highest BCUT2D eigenvalue weighted by atomic mass is 16.5. The number of phenols is 2. The molecule has 0 atom stereocenters. The lowest BCUT2D eigenvalue weighted by atomic mass is 10.1. The molecule has 0 aliphatic carbocycles. The highest BCUT2D eigenvalue weighted by Gasteiger charge is 2.01. The third-order valence-corrected chi connectivity index (χ3v) is 4.28. The lowest BCUT2D eigenvalue weighted by Crippen LogP contribution is -1.84. The van der Waals surface area contributed by atoms with E-state index >= 15 is 0 Å². The van der Waals surface area contributed by atoms with Crippen molar-refractivity contribution in [2.75, 3.05) is 14.2 Å². The minimum absolute atomic E-state index is 0.127. The molecule has 0 radical (unpaired) electrons. The van der Waals surface area contributed by atoms with Gasteiger partial charge in [-0.3, -0.25) is 0 Å². The molecule has 0 aliphatic heterocycles. The van der Waals surface area contributed by atoms with Crippen LogP contribution in [-0.4, -0.2) is 24.4 Å². The Morgan fingerprint density at radius 3 is 1.21 bits per heavy atom. The molecule has 0 fully saturated rings. The number of hydrogen-bond acceptors (Lipinski definition) is 4. The summed E-state index contributed by atoms with van der Waals surface area (Å²) in [6.07, 6.45) is 7.94. The van der Waals surface area contributed by atoms with E-state index in [1.165, 1.54) is 14.2 Å². The van der Waals surface area contributed by atoms with Crippen LogP contribution in [0.15, 0.2) is 60.7 Å². The molecule has 0 saturated heterocycles. The summed E-state index contributed by atoms with van der Waals surface area (Å²) in [5.74, 6) is 1.16. The fourth-order valence-corrected chi connectivity index (χ4v) is 2.70. The van der Waals surface area contributed by atoms with Crippen LogP contribution < -0.4 is 9.47 Å². The molecule has 0 saturated carbocycles. The summed E-state index contributed by atoms with van der Waals surface area (Å²) in [6.45, 7) is 0. The van der Waals surface area contributed by atoms with Crippen LogP contribution in [0.3, 0.4) is 0 Å². The molecule has 4 heteroatoms. The summed E-state index contributed by atoms with van der Waals surface area (Å²) < 4.78 is 10.2. The van der Waals surface area contributed by atoms with E-state index in [0.29, 0.717) is 11.5 Å².